The Kier molecular flexibility index (Phi) is 5.91. The summed E-state index contributed by atoms with van der Waals surface area (Å²) in [6.07, 6.45) is 5.73. The number of esters is 1. The van der Waals surface area contributed by atoms with Gasteiger partial charge in [0.2, 0.25) is 0 Å². The van der Waals surface area contributed by atoms with Crippen molar-refractivity contribution in [3.05, 3.63) is 47.8 Å². The Balaban J connectivity index is 1.61. The molecule has 0 atom stereocenters. The van der Waals surface area contributed by atoms with Gasteiger partial charge in [-0.05, 0) is 36.8 Å². The molecule has 0 unspecified atom stereocenters. The van der Waals surface area contributed by atoms with E-state index in [2.05, 4.69) is 50.8 Å². The van der Waals surface area contributed by atoms with Crippen LogP contribution in [0.2, 0.25) is 0 Å². The van der Waals surface area contributed by atoms with E-state index in [1.54, 1.807) is 12.4 Å². The number of benzene rings is 1. The van der Waals surface area contributed by atoms with Gasteiger partial charge in [0.25, 0.3) is 0 Å². The third-order valence-corrected chi connectivity index (χ3v) is 5.49. The summed E-state index contributed by atoms with van der Waals surface area (Å²) in [7, 11) is 1.39. The predicted molar refractivity (Wildman–Crippen MR) is 100 cm³/mol. The molecule has 2 aromatic rings. The molecule has 1 saturated heterocycles. The number of piperidine rings is 1. The van der Waals surface area contributed by atoms with Gasteiger partial charge in [-0.25, -0.2) is 4.98 Å². The Morgan fingerprint density at radius 3 is 2.76 bits per heavy atom. The average Bonchev–Trinajstić information content (AvgIpc) is 2.67. The van der Waals surface area contributed by atoms with Crippen LogP contribution in [0.15, 0.2) is 41.7 Å². The molecular weight excluding hydrogens is 334 g/mol. The fourth-order valence-electron chi connectivity index (χ4n) is 3.22. The molecule has 0 N–H and O–H groups in total. The van der Waals surface area contributed by atoms with Gasteiger partial charge in [0.1, 0.15) is 10.8 Å². The fraction of sp³-hybridized carbons (Fsp3) is 0.421. The summed E-state index contributed by atoms with van der Waals surface area (Å²) in [4.78, 5) is 22.5. The van der Waals surface area contributed by atoms with Crippen molar-refractivity contribution in [3.8, 4) is 0 Å². The van der Waals surface area contributed by atoms with E-state index in [4.69, 9.17) is 0 Å². The Morgan fingerprint density at radius 2 is 2.04 bits per heavy atom. The van der Waals surface area contributed by atoms with Crippen LogP contribution < -0.4 is 4.90 Å². The van der Waals surface area contributed by atoms with Crippen LogP contribution in [0.4, 0.5) is 5.82 Å². The molecule has 25 heavy (non-hydrogen) atoms. The highest BCUT2D eigenvalue weighted by Gasteiger charge is 2.22. The molecule has 1 aliphatic heterocycles. The summed E-state index contributed by atoms with van der Waals surface area (Å²) in [5.74, 6) is 1.50. The van der Waals surface area contributed by atoms with Crippen molar-refractivity contribution in [2.24, 2.45) is 0 Å². The molecule has 0 radical (unpaired) electrons. The van der Waals surface area contributed by atoms with Gasteiger partial charge in [0.15, 0.2) is 0 Å². The van der Waals surface area contributed by atoms with Crippen LogP contribution in [0.1, 0.15) is 29.9 Å². The van der Waals surface area contributed by atoms with E-state index in [1.807, 2.05) is 0 Å². The van der Waals surface area contributed by atoms with E-state index in [0.29, 0.717) is 5.92 Å². The summed E-state index contributed by atoms with van der Waals surface area (Å²) >= 11 is 1.36. The average molecular weight is 357 g/mol. The van der Waals surface area contributed by atoms with Crippen molar-refractivity contribution in [1.29, 1.82) is 0 Å². The summed E-state index contributed by atoms with van der Waals surface area (Å²) in [5, 5.41) is 0.754. The van der Waals surface area contributed by atoms with E-state index in [1.165, 1.54) is 30.0 Å². The molecule has 6 heteroatoms. The molecule has 2 heterocycles. The Labute approximate surface area is 152 Å². The lowest BCUT2D eigenvalue weighted by Crippen LogP contribution is -2.33. The smallest absolute Gasteiger partial charge is 0.316 e. The molecule has 0 bridgehead atoms. The van der Waals surface area contributed by atoms with Crippen molar-refractivity contribution in [2.75, 3.05) is 30.9 Å². The maximum absolute atomic E-state index is 11.3. The monoisotopic (exact) mass is 357 g/mol. The largest absolute Gasteiger partial charge is 0.468 e. The van der Waals surface area contributed by atoms with E-state index in [-0.39, 0.29) is 11.7 Å². The number of hydrogen-bond donors (Lipinski definition) is 0. The molecule has 1 aliphatic rings. The lowest BCUT2D eigenvalue weighted by atomic mass is 9.87. The number of nitrogens with zero attached hydrogens (tertiary/aromatic N) is 3. The van der Waals surface area contributed by atoms with E-state index >= 15 is 0 Å². The number of anilines is 1. The quantitative estimate of drug-likeness (QED) is 0.604. The normalized spacial score (nSPS) is 15.2. The Bertz CT molecular complexity index is 730. The third kappa shape index (κ3) is 4.51. The predicted octanol–water partition coefficient (Wildman–Crippen LogP) is 3.43. The molecule has 1 aromatic carbocycles. The van der Waals surface area contributed by atoms with E-state index in [0.717, 1.165) is 36.8 Å². The first-order chi connectivity index (χ1) is 12.2. The highest BCUT2D eigenvalue weighted by atomic mass is 32.2. The van der Waals surface area contributed by atoms with Crippen LogP contribution in [0.5, 0.6) is 0 Å². The van der Waals surface area contributed by atoms with Crippen LogP contribution in [0.3, 0.4) is 0 Å². The first-order valence-corrected chi connectivity index (χ1v) is 9.48. The summed E-state index contributed by atoms with van der Waals surface area (Å²) in [6, 6.07) is 8.66. The first kappa shape index (κ1) is 17.7. The van der Waals surface area contributed by atoms with Gasteiger partial charge in [-0.15, -0.1) is 0 Å². The van der Waals surface area contributed by atoms with Gasteiger partial charge < -0.3 is 9.64 Å². The minimum Gasteiger partial charge on any atom is -0.468 e. The summed E-state index contributed by atoms with van der Waals surface area (Å²) < 4.78 is 4.66. The highest BCUT2D eigenvalue weighted by Crippen LogP contribution is 2.31. The van der Waals surface area contributed by atoms with Gasteiger partial charge in [0.05, 0.1) is 25.3 Å². The number of thioether (sulfide) groups is 1. The molecule has 0 amide bonds. The lowest BCUT2D eigenvalue weighted by molar-refractivity contribution is -0.137. The zero-order valence-electron chi connectivity index (χ0n) is 14.6. The van der Waals surface area contributed by atoms with Crippen molar-refractivity contribution in [1.82, 2.24) is 9.97 Å². The summed E-state index contributed by atoms with van der Waals surface area (Å²) in [5.41, 5.74) is 2.84. The number of ether oxygens (including phenoxy) is 1. The van der Waals surface area contributed by atoms with Gasteiger partial charge in [0, 0.05) is 13.1 Å². The molecule has 0 spiro atoms. The maximum Gasteiger partial charge on any atom is 0.316 e. The molecule has 3 rings (SSSR count). The van der Waals surface area contributed by atoms with Crippen molar-refractivity contribution >= 4 is 23.5 Å². The topological polar surface area (TPSA) is 55.3 Å². The zero-order chi connectivity index (χ0) is 17.6. The number of aromatic nitrogens is 2. The number of rotatable bonds is 5. The Hall–Kier alpha value is -2.08. The molecule has 1 fully saturated rings. The summed E-state index contributed by atoms with van der Waals surface area (Å²) in [6.45, 7) is 4.13. The molecule has 132 valence electrons. The third-order valence-electron chi connectivity index (χ3n) is 4.61. The molecule has 5 nitrogen and oxygen atoms in total. The second-order valence-electron chi connectivity index (χ2n) is 6.20. The SMILES string of the molecule is COC(=O)CSc1cncc(N2CCC(c3ccccc3C)CC2)n1. The van der Waals surface area contributed by atoms with Gasteiger partial charge in [-0.2, -0.15) is 0 Å². The number of carbonyl (C=O) groups is 1. The van der Waals surface area contributed by atoms with Crippen LogP contribution in [0, 0.1) is 6.92 Å². The molecule has 0 saturated carbocycles. The van der Waals surface area contributed by atoms with Gasteiger partial charge in [-0.1, -0.05) is 36.0 Å². The van der Waals surface area contributed by atoms with Crippen molar-refractivity contribution in [2.45, 2.75) is 30.7 Å². The maximum atomic E-state index is 11.3. The van der Waals surface area contributed by atoms with E-state index < -0.39 is 0 Å². The Morgan fingerprint density at radius 1 is 1.28 bits per heavy atom. The first-order valence-electron chi connectivity index (χ1n) is 8.49. The van der Waals surface area contributed by atoms with Crippen LogP contribution in [0.25, 0.3) is 0 Å². The number of hydrogen-bond acceptors (Lipinski definition) is 6. The second kappa shape index (κ2) is 8.34. The highest BCUT2D eigenvalue weighted by molar-refractivity contribution is 7.99. The van der Waals surface area contributed by atoms with Gasteiger partial charge >= 0.3 is 5.97 Å². The van der Waals surface area contributed by atoms with Crippen LogP contribution >= 0.6 is 11.8 Å². The fourth-order valence-corrected chi connectivity index (χ4v) is 3.89. The zero-order valence-corrected chi connectivity index (χ0v) is 15.5. The van der Waals surface area contributed by atoms with Crippen molar-refractivity contribution < 1.29 is 9.53 Å². The van der Waals surface area contributed by atoms with E-state index in [9.17, 15) is 4.79 Å². The van der Waals surface area contributed by atoms with Crippen molar-refractivity contribution in [3.63, 3.8) is 0 Å². The van der Waals surface area contributed by atoms with Crippen LogP contribution in [-0.2, 0) is 9.53 Å². The minimum absolute atomic E-state index is 0.253. The molecule has 1 aromatic heterocycles. The van der Waals surface area contributed by atoms with Gasteiger partial charge in [-0.3, -0.25) is 9.78 Å². The number of methoxy groups -OCH3 is 1. The lowest BCUT2D eigenvalue weighted by Gasteiger charge is -2.33. The minimum atomic E-state index is -0.253. The standard InChI is InChI=1S/C19H23N3O2S/c1-14-5-3-4-6-16(14)15-7-9-22(10-8-15)17-11-20-12-18(21-17)25-13-19(23)24-2/h3-6,11-12,15H,7-10,13H2,1-2H3. The number of aryl methyl sites for hydroxylation is 1. The number of carbonyl (C=O) groups excluding carboxylic acids is 1. The molecule has 0 aliphatic carbocycles. The second-order valence-corrected chi connectivity index (χ2v) is 7.19. The van der Waals surface area contributed by atoms with Crippen LogP contribution in [-0.4, -0.2) is 41.9 Å². The molecular formula is C19H23N3O2S.